The molecule has 2 rings (SSSR count). The maximum Gasteiger partial charge on any atom is 0.269 e. The van der Waals surface area contributed by atoms with Crippen LogP contribution in [-0.4, -0.2) is 15.9 Å². The molecule has 7 nitrogen and oxygen atoms in total. The van der Waals surface area contributed by atoms with Crippen molar-refractivity contribution in [2.75, 3.05) is 5.32 Å². The van der Waals surface area contributed by atoms with Gasteiger partial charge in [-0.3, -0.25) is 25.8 Å². The topological polar surface area (TPSA) is 96.3 Å². The molecule has 0 heterocycles. The molecule has 0 aliphatic carbocycles. The second kappa shape index (κ2) is 7.52. The third-order valence-electron chi connectivity index (χ3n) is 2.73. The molecule has 0 spiro atoms. The van der Waals surface area contributed by atoms with Crippen LogP contribution in [0.3, 0.4) is 0 Å². The Morgan fingerprint density at radius 2 is 1.65 bits per heavy atom. The molecule has 0 aromatic heterocycles. The fraction of sp³-hybridized carbons (Fsp3) is 0. The van der Waals surface area contributed by atoms with Crippen molar-refractivity contribution in [2.24, 2.45) is 0 Å². The van der Waals surface area contributed by atoms with Gasteiger partial charge in [0.15, 0.2) is 5.11 Å². The quantitative estimate of drug-likeness (QED) is 0.447. The monoisotopic (exact) mass is 350 g/mol. The number of anilines is 1. The van der Waals surface area contributed by atoms with E-state index < -0.39 is 10.8 Å². The molecule has 0 saturated carbocycles. The van der Waals surface area contributed by atoms with Crippen LogP contribution in [0.4, 0.5) is 11.4 Å². The van der Waals surface area contributed by atoms with E-state index in [0.717, 1.165) is 0 Å². The molecule has 0 radical (unpaired) electrons. The molecule has 0 bridgehead atoms. The molecule has 1 amide bonds. The second-order valence-electron chi connectivity index (χ2n) is 4.34. The first-order valence-electron chi connectivity index (χ1n) is 6.33. The van der Waals surface area contributed by atoms with E-state index in [-0.39, 0.29) is 16.4 Å². The molecule has 0 fully saturated rings. The largest absolute Gasteiger partial charge is 0.331 e. The zero-order chi connectivity index (χ0) is 16.8. The van der Waals surface area contributed by atoms with Crippen LogP contribution < -0.4 is 16.2 Å². The van der Waals surface area contributed by atoms with Crippen LogP contribution in [0.2, 0.25) is 5.02 Å². The minimum Gasteiger partial charge on any atom is -0.331 e. The van der Waals surface area contributed by atoms with E-state index in [2.05, 4.69) is 16.2 Å². The third kappa shape index (κ3) is 4.90. The standard InChI is InChI=1S/C14H11ClN4O3S/c15-10-3-5-11(6-4-10)16-14(23)18-17-13(20)9-1-7-12(8-2-9)19(21)22/h1-8H,(H,17,20)(H2,16,18,23). The van der Waals surface area contributed by atoms with Crippen molar-refractivity contribution in [1.29, 1.82) is 0 Å². The molecule has 9 heteroatoms. The summed E-state index contributed by atoms with van der Waals surface area (Å²) < 4.78 is 0. The third-order valence-corrected chi connectivity index (χ3v) is 3.19. The van der Waals surface area contributed by atoms with Gasteiger partial charge in [-0.2, -0.15) is 0 Å². The lowest BCUT2D eigenvalue weighted by atomic mass is 10.2. The number of carbonyl (C=O) groups excluding carboxylic acids is 1. The number of thiocarbonyl (C=S) groups is 1. The predicted molar refractivity (Wildman–Crippen MR) is 91.4 cm³/mol. The minimum absolute atomic E-state index is 0.0885. The highest BCUT2D eigenvalue weighted by Crippen LogP contribution is 2.13. The number of rotatable bonds is 3. The van der Waals surface area contributed by atoms with Gasteiger partial charge in [0.1, 0.15) is 0 Å². The smallest absolute Gasteiger partial charge is 0.269 e. The molecule has 2 aromatic carbocycles. The van der Waals surface area contributed by atoms with E-state index in [9.17, 15) is 14.9 Å². The fourth-order valence-electron chi connectivity index (χ4n) is 1.62. The first kappa shape index (κ1) is 16.7. The minimum atomic E-state index is -0.537. The number of nitrogens with zero attached hydrogens (tertiary/aromatic N) is 1. The highest BCUT2D eigenvalue weighted by molar-refractivity contribution is 7.80. The summed E-state index contributed by atoms with van der Waals surface area (Å²) in [5.74, 6) is -0.472. The van der Waals surface area contributed by atoms with Crippen LogP contribution >= 0.6 is 23.8 Å². The van der Waals surface area contributed by atoms with Gasteiger partial charge < -0.3 is 5.32 Å². The molecule has 23 heavy (non-hydrogen) atoms. The van der Waals surface area contributed by atoms with Gasteiger partial charge in [0, 0.05) is 28.4 Å². The molecule has 2 aromatic rings. The predicted octanol–water partition coefficient (Wildman–Crippen LogP) is 2.88. The number of benzene rings is 2. The van der Waals surface area contributed by atoms with Crippen LogP contribution in [0.1, 0.15) is 10.4 Å². The Labute approximate surface area is 141 Å². The highest BCUT2D eigenvalue weighted by atomic mass is 35.5. The molecule has 0 saturated heterocycles. The lowest BCUT2D eigenvalue weighted by Crippen LogP contribution is -2.43. The van der Waals surface area contributed by atoms with E-state index in [1.54, 1.807) is 24.3 Å². The van der Waals surface area contributed by atoms with E-state index in [1.807, 2.05) is 0 Å². The number of nitrogens with one attached hydrogen (secondary N) is 3. The number of hydrogen-bond acceptors (Lipinski definition) is 4. The van der Waals surface area contributed by atoms with Gasteiger partial charge in [-0.15, -0.1) is 0 Å². The average molecular weight is 351 g/mol. The van der Waals surface area contributed by atoms with Gasteiger partial charge in [0.25, 0.3) is 11.6 Å². The molecule has 0 aliphatic rings. The summed E-state index contributed by atoms with van der Waals surface area (Å²) in [6.45, 7) is 0. The number of amides is 1. The Balaban J connectivity index is 1.87. The molecule has 0 unspecified atom stereocenters. The summed E-state index contributed by atoms with van der Waals surface area (Å²) in [5.41, 5.74) is 5.80. The SMILES string of the molecule is O=C(NNC(=S)Nc1ccc(Cl)cc1)c1ccc([N+](=O)[O-])cc1. The zero-order valence-corrected chi connectivity index (χ0v) is 13.1. The summed E-state index contributed by atoms with van der Waals surface area (Å²) >= 11 is 10.8. The van der Waals surface area contributed by atoms with Crippen molar-refractivity contribution in [1.82, 2.24) is 10.9 Å². The van der Waals surface area contributed by atoms with Crippen LogP contribution in [0, 0.1) is 10.1 Å². The molecule has 118 valence electrons. The van der Waals surface area contributed by atoms with E-state index in [4.69, 9.17) is 23.8 Å². The summed E-state index contributed by atoms with van der Waals surface area (Å²) in [6.07, 6.45) is 0. The average Bonchev–Trinajstić information content (AvgIpc) is 2.55. The Kier molecular flexibility index (Phi) is 5.45. The lowest BCUT2D eigenvalue weighted by Gasteiger charge is -2.11. The van der Waals surface area contributed by atoms with E-state index in [1.165, 1.54) is 24.3 Å². The van der Waals surface area contributed by atoms with Crippen LogP contribution in [0.25, 0.3) is 0 Å². The number of hydrogen-bond donors (Lipinski definition) is 3. The first-order valence-corrected chi connectivity index (χ1v) is 7.11. The molecule has 0 aliphatic heterocycles. The van der Waals surface area contributed by atoms with Crippen molar-refractivity contribution in [3.8, 4) is 0 Å². The summed E-state index contributed by atoms with van der Waals surface area (Å²) in [5, 5.41) is 14.2. The number of nitro groups is 1. The maximum atomic E-state index is 11.9. The number of carbonyl (C=O) groups is 1. The second-order valence-corrected chi connectivity index (χ2v) is 5.19. The Hall–Kier alpha value is -2.71. The van der Waals surface area contributed by atoms with Crippen LogP contribution in [0.5, 0.6) is 0 Å². The molecular weight excluding hydrogens is 340 g/mol. The Bertz CT molecular complexity index is 735. The zero-order valence-electron chi connectivity index (χ0n) is 11.6. The highest BCUT2D eigenvalue weighted by Gasteiger charge is 2.09. The van der Waals surface area contributed by atoms with Crippen LogP contribution in [-0.2, 0) is 0 Å². The van der Waals surface area contributed by atoms with Gasteiger partial charge in [0.05, 0.1) is 4.92 Å². The summed E-state index contributed by atoms with van der Waals surface area (Å²) in [4.78, 5) is 21.9. The van der Waals surface area contributed by atoms with E-state index >= 15 is 0 Å². The number of halogens is 1. The van der Waals surface area contributed by atoms with Gasteiger partial charge in [-0.05, 0) is 48.6 Å². The Morgan fingerprint density at radius 1 is 1.04 bits per heavy atom. The van der Waals surface area contributed by atoms with Crippen molar-refractivity contribution >= 4 is 46.2 Å². The van der Waals surface area contributed by atoms with Crippen molar-refractivity contribution < 1.29 is 9.72 Å². The van der Waals surface area contributed by atoms with Gasteiger partial charge >= 0.3 is 0 Å². The van der Waals surface area contributed by atoms with Gasteiger partial charge in [0.2, 0.25) is 0 Å². The fourth-order valence-corrected chi connectivity index (χ4v) is 1.91. The van der Waals surface area contributed by atoms with Crippen molar-refractivity contribution in [3.63, 3.8) is 0 Å². The summed E-state index contributed by atoms with van der Waals surface area (Å²) in [7, 11) is 0. The van der Waals surface area contributed by atoms with Gasteiger partial charge in [-0.25, -0.2) is 0 Å². The normalized spacial score (nSPS) is 9.78. The van der Waals surface area contributed by atoms with Crippen molar-refractivity contribution in [3.05, 3.63) is 69.2 Å². The molecule has 3 N–H and O–H groups in total. The lowest BCUT2D eigenvalue weighted by molar-refractivity contribution is -0.384. The summed E-state index contributed by atoms with van der Waals surface area (Å²) in [6, 6.07) is 12.1. The van der Waals surface area contributed by atoms with Gasteiger partial charge in [-0.1, -0.05) is 11.6 Å². The maximum absolute atomic E-state index is 11.9. The Morgan fingerprint density at radius 3 is 2.22 bits per heavy atom. The number of non-ortho nitro benzene ring substituents is 1. The van der Waals surface area contributed by atoms with Crippen LogP contribution in [0.15, 0.2) is 48.5 Å². The van der Waals surface area contributed by atoms with Crippen molar-refractivity contribution in [2.45, 2.75) is 0 Å². The number of hydrazine groups is 1. The first-order chi connectivity index (χ1) is 11.0. The number of nitro benzene ring substituents is 1. The van der Waals surface area contributed by atoms with E-state index in [0.29, 0.717) is 10.7 Å². The molecular formula is C14H11ClN4O3S. The molecule has 0 atom stereocenters.